The summed E-state index contributed by atoms with van der Waals surface area (Å²) in [5.74, 6) is 0.549. The number of aromatic nitrogens is 3. The topological polar surface area (TPSA) is 66.0 Å². The van der Waals surface area contributed by atoms with Gasteiger partial charge < -0.3 is 15.5 Å². The van der Waals surface area contributed by atoms with Gasteiger partial charge in [-0.15, -0.1) is 0 Å². The van der Waals surface area contributed by atoms with Crippen LogP contribution in [0.4, 0.5) is 17.3 Å². The number of halogens is 1. The van der Waals surface area contributed by atoms with Crippen LogP contribution in [0.2, 0.25) is 5.02 Å². The fraction of sp³-hybridized carbons (Fsp3) is 0.348. The number of nitrogens with one attached hydrogen (secondary N) is 2. The molecule has 0 saturated carbocycles. The summed E-state index contributed by atoms with van der Waals surface area (Å²) in [6.07, 6.45) is 6.61. The molecule has 0 aliphatic carbocycles. The first-order valence-electron chi connectivity index (χ1n) is 10.4. The van der Waals surface area contributed by atoms with E-state index in [0.29, 0.717) is 17.4 Å². The number of rotatable bonds is 6. The Morgan fingerprint density at radius 3 is 2.87 bits per heavy atom. The van der Waals surface area contributed by atoms with E-state index in [4.69, 9.17) is 16.6 Å². The minimum Gasteiger partial charge on any atom is -0.373 e. The maximum Gasteiger partial charge on any atom is 0.227 e. The van der Waals surface area contributed by atoms with Crippen LogP contribution in [0.15, 0.2) is 36.7 Å². The predicted octanol–water partition coefficient (Wildman–Crippen LogP) is 4.96. The van der Waals surface area contributed by atoms with Crippen LogP contribution in [0.1, 0.15) is 23.2 Å². The van der Waals surface area contributed by atoms with Crippen molar-refractivity contribution in [2.75, 3.05) is 31.3 Å². The van der Waals surface area contributed by atoms with E-state index in [1.807, 2.05) is 37.5 Å². The molecule has 0 spiro atoms. The van der Waals surface area contributed by atoms with Crippen molar-refractivity contribution < 1.29 is 0 Å². The fourth-order valence-electron chi connectivity index (χ4n) is 3.69. The van der Waals surface area contributed by atoms with Crippen LogP contribution < -0.4 is 10.6 Å². The molecule has 0 bridgehead atoms. The molecule has 0 saturated heterocycles. The van der Waals surface area contributed by atoms with Crippen LogP contribution in [-0.4, -0.2) is 45.9 Å². The summed E-state index contributed by atoms with van der Waals surface area (Å²) >= 11 is 10.9. The monoisotopic (exact) mass is 454 g/mol. The molecule has 0 radical (unpaired) electrons. The normalized spacial score (nSPS) is 15.1. The molecule has 8 heteroatoms. The van der Waals surface area contributed by atoms with Crippen LogP contribution in [0.5, 0.6) is 0 Å². The second kappa shape index (κ2) is 9.42. The van der Waals surface area contributed by atoms with Gasteiger partial charge in [0.05, 0.1) is 22.4 Å². The van der Waals surface area contributed by atoms with E-state index < -0.39 is 0 Å². The lowest BCUT2D eigenvalue weighted by Crippen LogP contribution is -2.14. The summed E-state index contributed by atoms with van der Waals surface area (Å²) < 4.78 is 0. The van der Waals surface area contributed by atoms with Gasteiger partial charge in [0, 0.05) is 35.1 Å². The van der Waals surface area contributed by atoms with Gasteiger partial charge in [-0.25, -0.2) is 9.97 Å². The number of anilines is 3. The van der Waals surface area contributed by atoms with Gasteiger partial charge in [-0.2, -0.15) is 12.6 Å². The highest BCUT2D eigenvalue weighted by atomic mass is 35.5. The maximum absolute atomic E-state index is 6.21. The second-order valence-electron chi connectivity index (χ2n) is 8.13. The van der Waals surface area contributed by atoms with Gasteiger partial charge in [-0.1, -0.05) is 11.6 Å². The van der Waals surface area contributed by atoms with Gasteiger partial charge in [-0.3, -0.25) is 4.98 Å². The van der Waals surface area contributed by atoms with Crippen molar-refractivity contribution in [3.05, 3.63) is 58.5 Å². The lowest BCUT2D eigenvalue weighted by Gasteiger charge is -2.13. The van der Waals surface area contributed by atoms with Crippen molar-refractivity contribution in [1.82, 2.24) is 19.9 Å². The molecular weight excluding hydrogens is 428 g/mol. The Morgan fingerprint density at radius 2 is 2.06 bits per heavy atom. The van der Waals surface area contributed by atoms with Crippen molar-refractivity contribution in [3.8, 4) is 11.3 Å². The van der Waals surface area contributed by atoms with Crippen LogP contribution in [-0.2, 0) is 12.8 Å². The molecule has 1 aromatic carbocycles. The minimum atomic E-state index is -0.0360. The Morgan fingerprint density at radius 1 is 1.23 bits per heavy atom. The Labute approximate surface area is 193 Å². The van der Waals surface area contributed by atoms with Gasteiger partial charge in [-0.05, 0) is 75.8 Å². The third-order valence-corrected chi connectivity index (χ3v) is 5.84. The average Bonchev–Trinajstić information content (AvgIpc) is 2.84. The van der Waals surface area contributed by atoms with Crippen LogP contribution in [0, 0.1) is 6.92 Å². The zero-order valence-corrected chi connectivity index (χ0v) is 19.6. The van der Waals surface area contributed by atoms with Gasteiger partial charge in [0.2, 0.25) is 5.95 Å². The summed E-state index contributed by atoms with van der Waals surface area (Å²) in [5.41, 5.74) is 6.90. The molecule has 2 aromatic heterocycles. The highest BCUT2D eigenvalue weighted by Gasteiger charge is 2.21. The third kappa shape index (κ3) is 5.29. The summed E-state index contributed by atoms with van der Waals surface area (Å²) in [6.45, 7) is 3.04. The zero-order valence-electron chi connectivity index (χ0n) is 18.0. The van der Waals surface area contributed by atoms with Crippen molar-refractivity contribution >= 4 is 41.6 Å². The van der Waals surface area contributed by atoms with Crippen molar-refractivity contribution in [1.29, 1.82) is 0 Å². The van der Waals surface area contributed by atoms with Crippen LogP contribution in [0.25, 0.3) is 11.3 Å². The van der Waals surface area contributed by atoms with E-state index in [-0.39, 0.29) is 5.37 Å². The fourth-order valence-corrected chi connectivity index (χ4v) is 4.20. The van der Waals surface area contributed by atoms with Gasteiger partial charge >= 0.3 is 0 Å². The number of pyridine rings is 1. The molecular formula is C23H27ClN6S. The molecule has 1 atom stereocenters. The smallest absolute Gasteiger partial charge is 0.227 e. The molecule has 0 fully saturated rings. The minimum absolute atomic E-state index is 0.0360. The predicted molar refractivity (Wildman–Crippen MR) is 132 cm³/mol. The molecule has 6 nitrogen and oxygen atoms in total. The molecule has 31 heavy (non-hydrogen) atoms. The summed E-state index contributed by atoms with van der Waals surface area (Å²) in [4.78, 5) is 16.2. The Hall–Kier alpha value is -2.35. The SMILES string of the molecule is Cc1ncc(CCCN(C)C)cc1Nc1ncc2c(n1)-c1ccc(Cl)cc1NC(S)C2. The number of nitrogens with zero attached hydrogens (tertiary/aromatic N) is 4. The van der Waals surface area contributed by atoms with Crippen LogP contribution in [0.3, 0.4) is 0 Å². The summed E-state index contributed by atoms with van der Waals surface area (Å²) in [5, 5.41) is 7.42. The first-order chi connectivity index (χ1) is 14.9. The van der Waals surface area contributed by atoms with E-state index in [1.165, 1.54) is 5.56 Å². The first-order valence-corrected chi connectivity index (χ1v) is 11.3. The molecule has 1 aliphatic heterocycles. The van der Waals surface area contributed by atoms with E-state index in [9.17, 15) is 0 Å². The van der Waals surface area contributed by atoms with Gasteiger partial charge in [0.1, 0.15) is 0 Å². The quantitative estimate of drug-likeness (QED) is 0.457. The first kappa shape index (κ1) is 21.9. The van der Waals surface area contributed by atoms with Crippen molar-refractivity contribution in [2.24, 2.45) is 0 Å². The van der Waals surface area contributed by atoms with Gasteiger partial charge in [0.25, 0.3) is 0 Å². The molecule has 3 aromatic rings. The Bertz CT molecular complexity index is 1090. The zero-order chi connectivity index (χ0) is 22.0. The number of fused-ring (bicyclic) bond motifs is 3. The molecule has 2 N–H and O–H groups in total. The van der Waals surface area contributed by atoms with E-state index >= 15 is 0 Å². The highest BCUT2D eigenvalue weighted by molar-refractivity contribution is 7.81. The second-order valence-corrected chi connectivity index (χ2v) is 9.19. The number of benzene rings is 1. The van der Waals surface area contributed by atoms with E-state index in [1.54, 1.807) is 0 Å². The standard InChI is InChI=1S/C23H27ClN6S/c1-14-19(9-15(12-25-14)5-4-8-30(2)3)28-23-26-13-16-10-21(31)27-20-11-17(24)6-7-18(20)22(16)29-23/h6-7,9,11-13,21,27,31H,4-5,8,10H2,1-3H3,(H,26,28,29). The lowest BCUT2D eigenvalue weighted by atomic mass is 10.1. The molecule has 1 aliphatic rings. The maximum atomic E-state index is 6.21. The largest absolute Gasteiger partial charge is 0.373 e. The van der Waals surface area contributed by atoms with Crippen molar-refractivity contribution in [3.63, 3.8) is 0 Å². The Kier molecular flexibility index (Phi) is 6.65. The number of thiol groups is 1. The number of hydrogen-bond acceptors (Lipinski definition) is 7. The van der Waals surface area contributed by atoms with Crippen LogP contribution >= 0.6 is 24.2 Å². The molecule has 1 unspecified atom stereocenters. The molecule has 4 rings (SSSR count). The average molecular weight is 455 g/mol. The summed E-state index contributed by atoms with van der Waals surface area (Å²) in [7, 11) is 4.18. The van der Waals surface area contributed by atoms with Gasteiger partial charge in [0.15, 0.2) is 0 Å². The van der Waals surface area contributed by atoms with E-state index in [0.717, 1.165) is 53.3 Å². The third-order valence-electron chi connectivity index (χ3n) is 5.30. The molecule has 162 valence electrons. The number of hydrogen-bond donors (Lipinski definition) is 3. The Balaban J connectivity index is 1.62. The van der Waals surface area contributed by atoms with Crippen molar-refractivity contribution in [2.45, 2.75) is 31.6 Å². The number of aryl methyl sites for hydroxylation is 2. The molecule has 3 heterocycles. The lowest BCUT2D eigenvalue weighted by molar-refractivity contribution is 0.400. The highest BCUT2D eigenvalue weighted by Crippen LogP contribution is 2.36. The molecule has 0 amide bonds. The van der Waals surface area contributed by atoms with E-state index in [2.05, 4.69) is 58.3 Å². The summed E-state index contributed by atoms with van der Waals surface area (Å²) in [6, 6.07) is 7.93.